The molecule has 0 aromatic heterocycles. The van der Waals surface area contributed by atoms with Crippen LogP contribution in [0.4, 0.5) is 16.2 Å². The first kappa shape index (κ1) is 33.3. The second kappa shape index (κ2) is 12.9. The number of anilines is 2. The van der Waals surface area contributed by atoms with Crippen LogP contribution in [-0.4, -0.2) is 81.5 Å². The number of nitrogens with zero attached hydrogens (tertiary/aromatic N) is 3. The van der Waals surface area contributed by atoms with Gasteiger partial charge in [0.2, 0.25) is 5.91 Å². The van der Waals surface area contributed by atoms with E-state index in [4.69, 9.17) is 14.2 Å². The Balaban J connectivity index is 1.27. The average Bonchev–Trinajstić information content (AvgIpc) is 3.88. The van der Waals surface area contributed by atoms with E-state index < -0.39 is 19.8 Å². The zero-order valence-electron chi connectivity index (χ0n) is 28.6. The van der Waals surface area contributed by atoms with Crippen molar-refractivity contribution in [1.82, 2.24) is 4.90 Å². The number of ether oxygens (including phenoxy) is 3. The predicted molar refractivity (Wildman–Crippen MR) is 189 cm³/mol. The Morgan fingerprint density at radius 1 is 1.04 bits per heavy atom. The number of likely N-dealkylation sites (tertiary alicyclic amines) is 1. The van der Waals surface area contributed by atoms with E-state index in [-0.39, 0.29) is 48.4 Å². The van der Waals surface area contributed by atoms with Gasteiger partial charge in [0.1, 0.15) is 12.4 Å². The van der Waals surface area contributed by atoms with Crippen molar-refractivity contribution in [1.29, 1.82) is 0 Å². The molecule has 3 fully saturated rings. The molecule has 10 nitrogen and oxygen atoms in total. The van der Waals surface area contributed by atoms with Crippen LogP contribution in [0.3, 0.4) is 0 Å². The Hall–Kier alpha value is -4.19. The van der Waals surface area contributed by atoms with Gasteiger partial charge < -0.3 is 29.1 Å². The lowest BCUT2D eigenvalue weighted by molar-refractivity contribution is -0.150. The van der Waals surface area contributed by atoms with Crippen LogP contribution in [0.25, 0.3) is 0 Å². The van der Waals surface area contributed by atoms with E-state index in [0.29, 0.717) is 26.2 Å². The van der Waals surface area contributed by atoms with E-state index in [9.17, 15) is 14.7 Å². The minimum absolute atomic E-state index is 0.0387. The van der Waals surface area contributed by atoms with Gasteiger partial charge in [-0.25, -0.2) is 4.79 Å². The summed E-state index contributed by atoms with van der Waals surface area (Å²) in [6.45, 7) is 8.41. The summed E-state index contributed by atoms with van der Waals surface area (Å²) in [5, 5.41) is 11.2. The summed E-state index contributed by atoms with van der Waals surface area (Å²) in [6.07, 6.45) is 0.904. The highest BCUT2D eigenvalue weighted by Crippen LogP contribution is 2.60. The van der Waals surface area contributed by atoms with Crippen molar-refractivity contribution in [2.45, 2.75) is 69.1 Å². The highest BCUT2D eigenvalue weighted by molar-refractivity contribution is 6.91. The summed E-state index contributed by atoms with van der Waals surface area (Å²) in [5.74, 6) is 0.354. The summed E-state index contributed by atoms with van der Waals surface area (Å²) >= 11 is 0. The topological polar surface area (TPSA) is 109 Å². The molecule has 3 aromatic rings. The summed E-state index contributed by atoms with van der Waals surface area (Å²) in [5.41, 5.74) is 1.86. The van der Waals surface area contributed by atoms with E-state index in [1.165, 1.54) is 5.19 Å². The third-order valence-electron chi connectivity index (χ3n) is 11.4. The van der Waals surface area contributed by atoms with Crippen molar-refractivity contribution in [2.24, 2.45) is 5.92 Å². The molecule has 11 heteroatoms. The molecule has 7 rings (SSSR count). The fourth-order valence-corrected chi connectivity index (χ4v) is 12.9. The standard InChI is InChI=1S/C38H45N3O7Si/c1-25-35(49(3,4)30-16-14-29(46-2)15-17-30)33(22-34(43)39-18-8-11-28(39)24-42)48-38(25)31-12-5-6-13-32(31)41(36(38)44)23-26-9-7-10-27(21-26)40-19-20-47-37(40)45/h5-7,9-10,12-17,21,25,28,33,35,42H,8,11,18-20,22-24H2,1-4H3/t25-,28+,33+,35-,38+/m1/s1. The van der Waals surface area contributed by atoms with Crippen LogP contribution in [0.1, 0.15) is 37.3 Å². The number of aliphatic hydroxyl groups is 1. The van der Waals surface area contributed by atoms with Crippen molar-refractivity contribution < 1.29 is 33.7 Å². The lowest BCUT2D eigenvalue weighted by Crippen LogP contribution is -2.52. The fraction of sp³-hybridized carbons (Fsp3) is 0.447. The van der Waals surface area contributed by atoms with Crippen LogP contribution in [0.5, 0.6) is 5.75 Å². The van der Waals surface area contributed by atoms with Crippen LogP contribution in [0, 0.1) is 5.92 Å². The third kappa shape index (κ3) is 5.52. The van der Waals surface area contributed by atoms with Crippen LogP contribution < -0.4 is 19.7 Å². The van der Waals surface area contributed by atoms with E-state index in [1.807, 2.05) is 60.7 Å². The number of benzene rings is 3. The predicted octanol–water partition coefficient (Wildman–Crippen LogP) is 4.79. The maximum absolute atomic E-state index is 15.1. The molecule has 258 valence electrons. The van der Waals surface area contributed by atoms with Crippen LogP contribution in [-0.2, 0) is 31.2 Å². The molecule has 5 atom stereocenters. The lowest BCUT2D eigenvalue weighted by Gasteiger charge is -2.37. The number of carbonyl (C=O) groups is 3. The number of amides is 3. The number of aliphatic hydroxyl groups excluding tert-OH is 1. The summed E-state index contributed by atoms with van der Waals surface area (Å²) in [7, 11) is -0.778. The zero-order chi connectivity index (χ0) is 34.5. The zero-order valence-corrected chi connectivity index (χ0v) is 29.6. The number of methoxy groups -OCH3 is 1. The molecule has 3 saturated heterocycles. The van der Waals surface area contributed by atoms with Gasteiger partial charge in [-0.3, -0.25) is 14.5 Å². The first-order chi connectivity index (χ1) is 23.6. The van der Waals surface area contributed by atoms with Gasteiger partial charge in [0, 0.05) is 23.7 Å². The number of carbonyl (C=O) groups excluding carboxylic acids is 3. The second-order valence-corrected chi connectivity index (χ2v) is 19.0. The van der Waals surface area contributed by atoms with Crippen LogP contribution in [0.15, 0.2) is 72.8 Å². The van der Waals surface area contributed by atoms with E-state index in [2.05, 4.69) is 32.2 Å². The number of hydrogen-bond donors (Lipinski definition) is 1. The summed E-state index contributed by atoms with van der Waals surface area (Å²) in [6, 6.07) is 23.5. The van der Waals surface area contributed by atoms with Crippen molar-refractivity contribution in [3.05, 3.63) is 83.9 Å². The molecular weight excluding hydrogens is 639 g/mol. The van der Waals surface area contributed by atoms with Gasteiger partial charge in [-0.15, -0.1) is 0 Å². The van der Waals surface area contributed by atoms with Gasteiger partial charge in [-0.05, 0) is 54.3 Å². The minimum atomic E-state index is -2.43. The molecule has 4 aliphatic heterocycles. The number of fused-ring (bicyclic) bond motifs is 2. The van der Waals surface area contributed by atoms with Crippen LogP contribution in [0.2, 0.25) is 18.6 Å². The molecule has 0 saturated carbocycles. The van der Waals surface area contributed by atoms with Gasteiger partial charge >= 0.3 is 6.09 Å². The Bertz CT molecular complexity index is 1750. The summed E-state index contributed by atoms with van der Waals surface area (Å²) in [4.78, 5) is 46.5. The first-order valence-electron chi connectivity index (χ1n) is 17.3. The number of cyclic esters (lactones) is 1. The SMILES string of the molecule is COc1ccc([Si](C)(C)[C@H]2[C@H](CC(=O)N3CCC[C@H]3CO)O[C@@]3(C(=O)N(Cc4cccc(N5CCOC5=O)c4)c4ccccc43)[C@@H]2C)cc1. The largest absolute Gasteiger partial charge is 0.497 e. The van der Waals surface area contributed by atoms with Gasteiger partial charge in [-0.1, -0.05) is 67.7 Å². The lowest BCUT2D eigenvalue weighted by atomic mass is 9.82. The maximum atomic E-state index is 15.1. The Labute approximate surface area is 288 Å². The van der Waals surface area contributed by atoms with Crippen LogP contribution >= 0.6 is 0 Å². The molecular formula is C38H45N3O7Si. The van der Waals surface area contributed by atoms with Gasteiger partial charge in [-0.2, -0.15) is 0 Å². The van der Waals surface area contributed by atoms with Gasteiger partial charge in [0.15, 0.2) is 5.60 Å². The molecule has 0 unspecified atom stereocenters. The quantitative estimate of drug-likeness (QED) is 0.323. The molecule has 3 amide bonds. The molecule has 1 N–H and O–H groups in total. The average molecular weight is 684 g/mol. The fourth-order valence-electron chi connectivity index (χ4n) is 8.90. The Kier molecular flexibility index (Phi) is 8.79. The summed E-state index contributed by atoms with van der Waals surface area (Å²) < 4.78 is 17.8. The molecule has 1 spiro atoms. The number of para-hydroxylation sites is 1. The smallest absolute Gasteiger partial charge is 0.414 e. The first-order valence-corrected chi connectivity index (χ1v) is 20.3. The molecule has 0 aliphatic carbocycles. The second-order valence-electron chi connectivity index (χ2n) is 14.3. The molecule has 0 radical (unpaired) electrons. The van der Waals surface area contributed by atoms with Gasteiger partial charge in [0.25, 0.3) is 5.91 Å². The monoisotopic (exact) mass is 683 g/mol. The molecule has 4 aliphatic rings. The molecule has 49 heavy (non-hydrogen) atoms. The Morgan fingerprint density at radius 2 is 1.82 bits per heavy atom. The Morgan fingerprint density at radius 3 is 2.53 bits per heavy atom. The van der Waals surface area contributed by atoms with Crippen molar-refractivity contribution in [3.8, 4) is 5.75 Å². The molecule has 3 aromatic carbocycles. The molecule has 0 bridgehead atoms. The van der Waals surface area contributed by atoms with Crippen molar-refractivity contribution >= 4 is 42.5 Å². The van der Waals surface area contributed by atoms with Crippen molar-refractivity contribution in [3.63, 3.8) is 0 Å². The normalized spacial score (nSPS) is 26.5. The minimum Gasteiger partial charge on any atom is -0.497 e. The van der Waals surface area contributed by atoms with E-state index in [1.54, 1.807) is 21.8 Å². The highest BCUT2D eigenvalue weighted by Gasteiger charge is 2.66. The third-order valence-corrected chi connectivity index (χ3v) is 15.7. The van der Waals surface area contributed by atoms with Gasteiger partial charge in [0.05, 0.1) is 59.1 Å². The number of rotatable bonds is 9. The van der Waals surface area contributed by atoms with E-state index in [0.717, 1.165) is 41.1 Å². The number of hydrogen-bond acceptors (Lipinski definition) is 7. The highest BCUT2D eigenvalue weighted by atomic mass is 28.3. The maximum Gasteiger partial charge on any atom is 0.414 e. The molecule has 4 heterocycles. The van der Waals surface area contributed by atoms with Crippen molar-refractivity contribution in [2.75, 3.05) is 43.2 Å². The van der Waals surface area contributed by atoms with E-state index >= 15 is 4.79 Å².